The van der Waals surface area contributed by atoms with Gasteiger partial charge in [0, 0.05) is 32.3 Å². The molecule has 4 heterocycles. The fraction of sp³-hybridized carbons (Fsp3) is 0.312. The summed E-state index contributed by atoms with van der Waals surface area (Å²) in [6, 6.07) is 7.96. The number of aromatic nitrogens is 2. The van der Waals surface area contributed by atoms with Gasteiger partial charge in [0.2, 0.25) is 0 Å². The van der Waals surface area contributed by atoms with Gasteiger partial charge in [-0.3, -0.25) is 9.59 Å². The first-order chi connectivity index (χ1) is 22.5. The third-order valence-electron chi connectivity index (χ3n) is 7.27. The van der Waals surface area contributed by atoms with Crippen molar-refractivity contribution in [1.82, 2.24) is 31.2 Å². The van der Waals surface area contributed by atoms with Crippen molar-refractivity contribution in [3.8, 4) is 21.1 Å². The average Bonchev–Trinajstić information content (AvgIpc) is 3.74. The summed E-state index contributed by atoms with van der Waals surface area (Å²) >= 11 is 24.6. The molecule has 2 aromatic carbocycles. The summed E-state index contributed by atoms with van der Waals surface area (Å²) in [5, 5.41) is 13.9. The number of nitrogens with one attached hydrogen (secondary N) is 4. The van der Waals surface area contributed by atoms with Gasteiger partial charge in [-0.15, -0.1) is 22.7 Å². The molecule has 4 N–H and O–H groups in total. The summed E-state index contributed by atoms with van der Waals surface area (Å²) in [7, 11) is 0. The third kappa shape index (κ3) is 9.10. The van der Waals surface area contributed by atoms with E-state index in [0.29, 0.717) is 40.9 Å². The lowest BCUT2D eigenvalue weighted by molar-refractivity contribution is 0.0941. The van der Waals surface area contributed by atoms with E-state index in [4.69, 9.17) is 47.6 Å². The summed E-state index contributed by atoms with van der Waals surface area (Å²) in [4.78, 5) is 35.4. The molecule has 2 aromatic heterocycles. The van der Waals surface area contributed by atoms with Crippen molar-refractivity contribution < 1.29 is 18.4 Å². The molecule has 6 rings (SSSR count). The number of hydrogen-bond donors (Lipinski definition) is 4. The predicted molar refractivity (Wildman–Crippen MR) is 196 cm³/mol. The van der Waals surface area contributed by atoms with Crippen molar-refractivity contribution in [2.45, 2.75) is 63.7 Å². The first-order valence-electron chi connectivity index (χ1n) is 14.6. The Balaban J connectivity index is 0.000000188. The highest BCUT2D eigenvalue weighted by molar-refractivity contribution is 7.80. The Morgan fingerprint density at radius 1 is 0.750 bits per heavy atom. The molecule has 0 aliphatic carbocycles. The standard InChI is InChI=1S/2C16H15ClFN3OS2/c2*1-16(2)6-11(14(23)21-16)20-13(22)12-7-19-15(24-12)8-3-9(17)5-10(18)4-8/h2*3-5,7,11H,6H2,1-2H3,(H,20,22)(H,21,23)/t2*11-/m10/s1. The van der Waals surface area contributed by atoms with Crippen molar-refractivity contribution in [2.75, 3.05) is 0 Å². The van der Waals surface area contributed by atoms with Crippen molar-refractivity contribution in [3.63, 3.8) is 0 Å². The normalized spacial score (nSPS) is 19.2. The van der Waals surface area contributed by atoms with Crippen molar-refractivity contribution in [1.29, 1.82) is 0 Å². The summed E-state index contributed by atoms with van der Waals surface area (Å²) in [5.74, 6) is -1.37. The molecule has 8 nitrogen and oxygen atoms in total. The van der Waals surface area contributed by atoms with Crippen molar-refractivity contribution >= 4 is 92.1 Å². The van der Waals surface area contributed by atoms with Crippen LogP contribution in [0.2, 0.25) is 10.0 Å². The zero-order valence-corrected chi connectivity index (χ0v) is 30.8. The van der Waals surface area contributed by atoms with Gasteiger partial charge >= 0.3 is 0 Å². The number of hydrogen-bond acceptors (Lipinski definition) is 8. The lowest BCUT2D eigenvalue weighted by Crippen LogP contribution is -2.39. The number of thiazole rings is 2. The van der Waals surface area contributed by atoms with Gasteiger partial charge < -0.3 is 21.3 Å². The minimum Gasteiger partial charge on any atom is -0.373 e. The topological polar surface area (TPSA) is 108 Å². The highest BCUT2D eigenvalue weighted by atomic mass is 35.5. The van der Waals surface area contributed by atoms with E-state index in [-0.39, 0.29) is 45.0 Å². The number of thiocarbonyl (C=S) groups is 2. The maximum Gasteiger partial charge on any atom is 0.263 e. The molecule has 2 atom stereocenters. The Morgan fingerprint density at radius 3 is 1.44 bits per heavy atom. The molecule has 252 valence electrons. The molecule has 2 fully saturated rings. The molecule has 2 aliphatic heterocycles. The Hall–Kier alpha value is -3.14. The zero-order valence-electron chi connectivity index (χ0n) is 26.0. The van der Waals surface area contributed by atoms with Gasteiger partial charge in [0.05, 0.1) is 34.5 Å². The van der Waals surface area contributed by atoms with Gasteiger partial charge in [-0.25, -0.2) is 18.7 Å². The van der Waals surface area contributed by atoms with E-state index in [1.165, 1.54) is 59.3 Å². The molecular weight excluding hydrogens is 738 g/mol. The second-order valence-corrected chi connectivity index (χ2v) is 16.4. The SMILES string of the molecule is CC1(C)C[C@@H](NC(=O)c2cnc(-c3cc(F)cc(Cl)c3)s2)C(=S)N1.CC1(C)C[C@H](NC(=O)c2cnc(-c3cc(F)cc(Cl)c3)s2)C(=S)N1. The van der Waals surface area contributed by atoms with Crippen LogP contribution in [0.5, 0.6) is 0 Å². The molecule has 2 amide bonds. The number of amides is 2. The molecular formula is C32H30Cl2F2N6O2S4. The summed E-state index contributed by atoms with van der Waals surface area (Å²) in [5.41, 5.74) is 0.824. The van der Waals surface area contributed by atoms with E-state index in [9.17, 15) is 18.4 Å². The Kier molecular flexibility index (Phi) is 10.8. The quantitative estimate of drug-likeness (QED) is 0.149. The average molecular weight is 768 g/mol. The largest absolute Gasteiger partial charge is 0.373 e. The predicted octanol–water partition coefficient (Wildman–Crippen LogP) is 7.60. The Bertz CT molecular complexity index is 1740. The van der Waals surface area contributed by atoms with E-state index in [0.717, 1.165) is 12.8 Å². The van der Waals surface area contributed by atoms with Gasteiger partial charge in [0.25, 0.3) is 11.8 Å². The fourth-order valence-electron chi connectivity index (χ4n) is 5.22. The van der Waals surface area contributed by atoms with E-state index in [2.05, 4.69) is 31.2 Å². The second-order valence-electron chi connectivity index (χ2n) is 12.6. The highest BCUT2D eigenvalue weighted by Crippen LogP contribution is 2.30. The van der Waals surface area contributed by atoms with E-state index in [1.807, 2.05) is 27.7 Å². The number of carbonyl (C=O) groups excluding carboxylic acids is 2. The molecule has 0 spiro atoms. The molecule has 0 radical (unpaired) electrons. The minimum atomic E-state index is -0.441. The molecule has 2 saturated heterocycles. The molecule has 16 heteroatoms. The zero-order chi connectivity index (χ0) is 35.0. The van der Waals surface area contributed by atoms with Crippen LogP contribution < -0.4 is 21.3 Å². The van der Waals surface area contributed by atoms with Crippen LogP contribution in [0.3, 0.4) is 0 Å². The maximum atomic E-state index is 13.5. The van der Waals surface area contributed by atoms with E-state index in [1.54, 1.807) is 12.1 Å². The van der Waals surface area contributed by atoms with Crippen LogP contribution in [-0.4, -0.2) is 54.9 Å². The van der Waals surface area contributed by atoms with Gasteiger partial charge in [0.1, 0.15) is 31.4 Å². The Morgan fingerprint density at radius 2 is 1.12 bits per heavy atom. The first-order valence-corrected chi connectivity index (χ1v) is 17.8. The van der Waals surface area contributed by atoms with E-state index < -0.39 is 11.6 Å². The molecule has 0 bridgehead atoms. The van der Waals surface area contributed by atoms with Gasteiger partial charge in [-0.1, -0.05) is 47.6 Å². The number of nitrogens with zero attached hydrogens (tertiary/aromatic N) is 2. The minimum absolute atomic E-state index is 0.133. The van der Waals surface area contributed by atoms with Crippen LogP contribution in [0, 0.1) is 11.6 Å². The van der Waals surface area contributed by atoms with Gasteiger partial charge in [0.15, 0.2) is 0 Å². The summed E-state index contributed by atoms with van der Waals surface area (Å²) < 4.78 is 26.9. The number of carbonyl (C=O) groups is 2. The lowest BCUT2D eigenvalue weighted by Gasteiger charge is -2.17. The maximum absolute atomic E-state index is 13.5. The Labute approximate surface area is 305 Å². The number of halogens is 4. The van der Waals surface area contributed by atoms with Crippen LogP contribution >= 0.6 is 70.3 Å². The van der Waals surface area contributed by atoms with Crippen LogP contribution in [0.15, 0.2) is 48.8 Å². The summed E-state index contributed by atoms with van der Waals surface area (Å²) in [6.07, 6.45) is 4.40. The first kappa shape index (κ1) is 36.1. The second kappa shape index (κ2) is 14.4. The monoisotopic (exact) mass is 766 g/mol. The van der Waals surface area contributed by atoms with Crippen LogP contribution in [0.4, 0.5) is 8.78 Å². The third-order valence-corrected chi connectivity index (χ3v) is 10.6. The molecule has 48 heavy (non-hydrogen) atoms. The summed E-state index contributed by atoms with van der Waals surface area (Å²) in [6.45, 7) is 8.13. The smallest absolute Gasteiger partial charge is 0.263 e. The van der Waals surface area contributed by atoms with E-state index >= 15 is 0 Å². The molecule has 0 saturated carbocycles. The fourth-order valence-corrected chi connectivity index (χ4v) is 8.11. The molecule has 0 unspecified atom stereocenters. The number of rotatable bonds is 6. The number of benzene rings is 2. The van der Waals surface area contributed by atoms with Crippen LogP contribution in [0.1, 0.15) is 59.9 Å². The van der Waals surface area contributed by atoms with Crippen LogP contribution in [-0.2, 0) is 0 Å². The lowest BCUT2D eigenvalue weighted by atomic mass is 10.0. The van der Waals surface area contributed by atoms with Crippen LogP contribution in [0.25, 0.3) is 21.1 Å². The van der Waals surface area contributed by atoms with Crippen molar-refractivity contribution in [2.24, 2.45) is 0 Å². The molecule has 2 aliphatic rings. The van der Waals surface area contributed by atoms with Crippen molar-refractivity contribution in [3.05, 3.63) is 80.2 Å². The molecule has 4 aromatic rings. The van der Waals surface area contributed by atoms with Gasteiger partial charge in [-0.05, 0) is 76.9 Å². The highest BCUT2D eigenvalue weighted by Gasteiger charge is 2.36. The van der Waals surface area contributed by atoms with Gasteiger partial charge in [-0.2, -0.15) is 0 Å².